The number of rotatable bonds is 5. The summed E-state index contributed by atoms with van der Waals surface area (Å²) in [5, 5.41) is 0. The highest BCUT2D eigenvalue weighted by Gasteiger charge is 2.16. The molecule has 0 unspecified atom stereocenters. The van der Waals surface area contributed by atoms with Gasteiger partial charge >= 0.3 is 6.03 Å². The molecule has 0 radical (unpaired) electrons. The second kappa shape index (κ2) is 6.80. The monoisotopic (exact) mass is 272 g/mol. The van der Waals surface area contributed by atoms with Gasteiger partial charge in [0.1, 0.15) is 5.76 Å². The Hall–Kier alpha value is -2.23. The van der Waals surface area contributed by atoms with E-state index in [1.54, 1.807) is 30.2 Å². The third kappa shape index (κ3) is 3.88. The van der Waals surface area contributed by atoms with E-state index in [2.05, 4.69) is 12.1 Å². The Kier molecular flexibility index (Phi) is 4.82. The van der Waals surface area contributed by atoms with E-state index in [-0.39, 0.29) is 6.03 Å². The first kappa shape index (κ1) is 14.2. The summed E-state index contributed by atoms with van der Waals surface area (Å²) in [4.78, 5) is 15.6. The van der Waals surface area contributed by atoms with Gasteiger partial charge in [0.25, 0.3) is 0 Å². The molecular weight excluding hydrogens is 252 g/mol. The molecule has 4 heteroatoms. The van der Waals surface area contributed by atoms with Gasteiger partial charge in [0, 0.05) is 20.6 Å². The van der Waals surface area contributed by atoms with Crippen LogP contribution in [0.5, 0.6) is 0 Å². The first-order chi connectivity index (χ1) is 9.66. The summed E-state index contributed by atoms with van der Waals surface area (Å²) in [5.41, 5.74) is 1.23. The van der Waals surface area contributed by atoms with Crippen LogP contribution in [0.4, 0.5) is 4.79 Å². The summed E-state index contributed by atoms with van der Waals surface area (Å²) >= 11 is 0. The second-order valence-electron chi connectivity index (χ2n) is 4.91. The van der Waals surface area contributed by atoms with Gasteiger partial charge in [-0.1, -0.05) is 30.3 Å². The molecule has 2 aromatic rings. The van der Waals surface area contributed by atoms with Crippen LogP contribution in [-0.4, -0.2) is 36.5 Å². The Morgan fingerprint density at radius 3 is 2.45 bits per heavy atom. The van der Waals surface area contributed by atoms with Crippen molar-refractivity contribution in [3.63, 3.8) is 0 Å². The molecule has 0 spiro atoms. The molecule has 0 saturated carbocycles. The van der Waals surface area contributed by atoms with Crippen molar-refractivity contribution >= 4 is 6.03 Å². The molecule has 0 bridgehead atoms. The van der Waals surface area contributed by atoms with Gasteiger partial charge in [0.2, 0.25) is 0 Å². The van der Waals surface area contributed by atoms with E-state index in [1.165, 1.54) is 5.56 Å². The van der Waals surface area contributed by atoms with Crippen molar-refractivity contribution in [2.24, 2.45) is 0 Å². The lowest BCUT2D eigenvalue weighted by Gasteiger charge is -2.25. The zero-order chi connectivity index (χ0) is 14.4. The maximum absolute atomic E-state index is 12.2. The second-order valence-corrected chi connectivity index (χ2v) is 4.91. The van der Waals surface area contributed by atoms with Crippen molar-refractivity contribution < 1.29 is 9.21 Å². The van der Waals surface area contributed by atoms with E-state index < -0.39 is 0 Å². The Bertz CT molecular complexity index is 521. The molecule has 0 aliphatic carbocycles. The highest BCUT2D eigenvalue weighted by atomic mass is 16.3. The molecule has 20 heavy (non-hydrogen) atoms. The molecule has 0 saturated heterocycles. The molecule has 1 aromatic heterocycles. The van der Waals surface area contributed by atoms with Crippen LogP contribution >= 0.6 is 0 Å². The van der Waals surface area contributed by atoms with Crippen LogP contribution in [0.1, 0.15) is 11.3 Å². The summed E-state index contributed by atoms with van der Waals surface area (Å²) < 4.78 is 5.33. The fraction of sp³-hybridized carbons (Fsp3) is 0.312. The van der Waals surface area contributed by atoms with Gasteiger partial charge in [-0.05, 0) is 24.1 Å². The first-order valence-corrected chi connectivity index (χ1v) is 6.69. The van der Waals surface area contributed by atoms with E-state index in [1.807, 2.05) is 30.3 Å². The first-order valence-electron chi connectivity index (χ1n) is 6.69. The molecule has 2 amide bonds. The SMILES string of the molecule is CN(C)C(=O)N(CCc1ccccc1)Cc1ccco1. The van der Waals surface area contributed by atoms with Crippen LogP contribution in [0, 0.1) is 0 Å². The van der Waals surface area contributed by atoms with E-state index in [9.17, 15) is 4.79 Å². The zero-order valence-corrected chi connectivity index (χ0v) is 12.0. The summed E-state index contributed by atoms with van der Waals surface area (Å²) in [6.07, 6.45) is 2.46. The molecular formula is C16H20N2O2. The lowest BCUT2D eigenvalue weighted by Crippen LogP contribution is -2.39. The predicted molar refractivity (Wildman–Crippen MR) is 78.3 cm³/mol. The molecule has 0 fully saturated rings. The summed E-state index contributed by atoms with van der Waals surface area (Å²) in [7, 11) is 3.53. The Morgan fingerprint density at radius 1 is 1.10 bits per heavy atom. The lowest BCUT2D eigenvalue weighted by molar-refractivity contribution is 0.164. The van der Waals surface area contributed by atoms with E-state index in [0.717, 1.165) is 12.2 Å². The number of benzene rings is 1. The molecule has 1 aromatic carbocycles. The number of nitrogens with zero attached hydrogens (tertiary/aromatic N) is 2. The average Bonchev–Trinajstić information content (AvgIpc) is 2.96. The quantitative estimate of drug-likeness (QED) is 0.839. The van der Waals surface area contributed by atoms with Crippen LogP contribution < -0.4 is 0 Å². The third-order valence-electron chi connectivity index (χ3n) is 3.09. The minimum Gasteiger partial charge on any atom is -0.467 e. The Labute approximate surface area is 119 Å². The van der Waals surface area contributed by atoms with Crippen molar-refractivity contribution in [1.29, 1.82) is 0 Å². The Balaban J connectivity index is 2.01. The van der Waals surface area contributed by atoms with Gasteiger partial charge in [0.15, 0.2) is 0 Å². The fourth-order valence-corrected chi connectivity index (χ4v) is 2.02. The average molecular weight is 272 g/mol. The fourth-order valence-electron chi connectivity index (χ4n) is 2.02. The Morgan fingerprint density at radius 2 is 1.85 bits per heavy atom. The number of amides is 2. The summed E-state index contributed by atoms with van der Waals surface area (Å²) in [6, 6.07) is 13.9. The highest BCUT2D eigenvalue weighted by Crippen LogP contribution is 2.09. The predicted octanol–water partition coefficient (Wildman–Crippen LogP) is 3.01. The highest BCUT2D eigenvalue weighted by molar-refractivity contribution is 5.73. The minimum absolute atomic E-state index is 0.00247. The number of hydrogen-bond acceptors (Lipinski definition) is 2. The topological polar surface area (TPSA) is 36.7 Å². The molecule has 0 N–H and O–H groups in total. The summed E-state index contributed by atoms with van der Waals surface area (Å²) in [5.74, 6) is 0.799. The van der Waals surface area contributed by atoms with Crippen molar-refractivity contribution in [1.82, 2.24) is 9.80 Å². The lowest BCUT2D eigenvalue weighted by atomic mass is 10.1. The van der Waals surface area contributed by atoms with Crippen LogP contribution in [0.2, 0.25) is 0 Å². The van der Waals surface area contributed by atoms with Crippen LogP contribution in [0.15, 0.2) is 53.1 Å². The normalized spacial score (nSPS) is 10.3. The zero-order valence-electron chi connectivity index (χ0n) is 12.0. The van der Waals surface area contributed by atoms with Crippen LogP contribution in [-0.2, 0) is 13.0 Å². The largest absolute Gasteiger partial charge is 0.467 e. The van der Waals surface area contributed by atoms with Gasteiger partial charge in [-0.3, -0.25) is 0 Å². The van der Waals surface area contributed by atoms with Gasteiger partial charge < -0.3 is 14.2 Å². The van der Waals surface area contributed by atoms with Crippen LogP contribution in [0.3, 0.4) is 0 Å². The van der Waals surface area contributed by atoms with Gasteiger partial charge in [-0.25, -0.2) is 4.79 Å². The number of furan rings is 1. The van der Waals surface area contributed by atoms with Crippen molar-refractivity contribution in [2.45, 2.75) is 13.0 Å². The third-order valence-corrected chi connectivity index (χ3v) is 3.09. The summed E-state index contributed by atoms with van der Waals surface area (Å²) in [6.45, 7) is 1.17. The molecule has 1 heterocycles. The number of urea groups is 1. The maximum Gasteiger partial charge on any atom is 0.319 e. The molecule has 0 aliphatic heterocycles. The molecule has 2 rings (SSSR count). The van der Waals surface area contributed by atoms with Crippen LogP contribution in [0.25, 0.3) is 0 Å². The maximum atomic E-state index is 12.2. The van der Waals surface area contributed by atoms with Crippen molar-refractivity contribution in [2.75, 3.05) is 20.6 Å². The van der Waals surface area contributed by atoms with E-state index >= 15 is 0 Å². The number of hydrogen-bond donors (Lipinski definition) is 0. The van der Waals surface area contributed by atoms with Crippen molar-refractivity contribution in [3.05, 3.63) is 60.1 Å². The smallest absolute Gasteiger partial charge is 0.319 e. The number of carbonyl (C=O) groups excluding carboxylic acids is 1. The molecule has 0 aliphatic rings. The minimum atomic E-state index is -0.00247. The molecule has 4 nitrogen and oxygen atoms in total. The number of carbonyl (C=O) groups is 1. The van der Waals surface area contributed by atoms with Gasteiger partial charge in [-0.2, -0.15) is 0 Å². The van der Waals surface area contributed by atoms with E-state index in [0.29, 0.717) is 13.1 Å². The van der Waals surface area contributed by atoms with E-state index in [4.69, 9.17) is 4.42 Å². The van der Waals surface area contributed by atoms with Gasteiger partial charge in [0.05, 0.1) is 12.8 Å². The molecule has 0 atom stereocenters. The van der Waals surface area contributed by atoms with Crippen molar-refractivity contribution in [3.8, 4) is 0 Å². The van der Waals surface area contributed by atoms with Gasteiger partial charge in [-0.15, -0.1) is 0 Å². The standard InChI is InChI=1S/C16H20N2O2/c1-17(2)16(19)18(13-15-9-6-12-20-15)11-10-14-7-4-3-5-8-14/h3-9,12H,10-11,13H2,1-2H3. The molecule has 106 valence electrons.